The van der Waals surface area contributed by atoms with E-state index in [1.54, 1.807) is 0 Å². The molecule has 106 valence electrons. The zero-order chi connectivity index (χ0) is 13.8. The monoisotopic (exact) mass is 263 g/mol. The minimum absolute atomic E-state index is 0.409. The van der Waals surface area contributed by atoms with E-state index in [1.807, 2.05) is 32.0 Å². The van der Waals surface area contributed by atoms with Crippen LogP contribution in [0.5, 0.6) is 0 Å². The number of nitrogens with two attached hydrogens (primary N) is 1. The summed E-state index contributed by atoms with van der Waals surface area (Å²) in [4.78, 5) is 11.0. The molecule has 5 nitrogen and oxygen atoms in total. The SMILES string of the molecule is Cc1cc(N(C)C)nc(NCC2CCC(N)CC2)n1. The van der Waals surface area contributed by atoms with Gasteiger partial charge in [-0.3, -0.25) is 0 Å². The smallest absolute Gasteiger partial charge is 0.224 e. The van der Waals surface area contributed by atoms with E-state index in [4.69, 9.17) is 5.73 Å². The summed E-state index contributed by atoms with van der Waals surface area (Å²) in [6, 6.07) is 2.40. The Morgan fingerprint density at radius 2 is 1.95 bits per heavy atom. The van der Waals surface area contributed by atoms with E-state index in [1.165, 1.54) is 12.8 Å². The van der Waals surface area contributed by atoms with E-state index in [2.05, 4.69) is 15.3 Å². The largest absolute Gasteiger partial charge is 0.363 e. The molecule has 0 atom stereocenters. The number of rotatable bonds is 4. The molecule has 1 aromatic heterocycles. The summed E-state index contributed by atoms with van der Waals surface area (Å²) in [7, 11) is 3.99. The minimum atomic E-state index is 0.409. The molecule has 0 aromatic carbocycles. The molecule has 1 aliphatic rings. The third-order valence-electron chi connectivity index (χ3n) is 3.74. The van der Waals surface area contributed by atoms with Gasteiger partial charge in [0.1, 0.15) is 5.82 Å². The Kier molecular flexibility index (Phi) is 4.58. The highest BCUT2D eigenvalue weighted by atomic mass is 15.2. The average molecular weight is 263 g/mol. The molecule has 3 N–H and O–H groups in total. The van der Waals surface area contributed by atoms with Gasteiger partial charge in [0.15, 0.2) is 0 Å². The van der Waals surface area contributed by atoms with Crippen LogP contribution in [-0.2, 0) is 0 Å². The summed E-state index contributed by atoms with van der Waals surface area (Å²) in [5.41, 5.74) is 6.92. The van der Waals surface area contributed by atoms with Gasteiger partial charge >= 0.3 is 0 Å². The molecule has 0 bridgehead atoms. The fraction of sp³-hybridized carbons (Fsp3) is 0.714. The normalized spacial score (nSPS) is 23.2. The molecule has 5 heteroatoms. The van der Waals surface area contributed by atoms with Crippen molar-refractivity contribution in [1.29, 1.82) is 0 Å². The van der Waals surface area contributed by atoms with Crippen LogP contribution in [0.2, 0.25) is 0 Å². The maximum absolute atomic E-state index is 5.93. The summed E-state index contributed by atoms with van der Waals surface area (Å²) in [5.74, 6) is 2.38. The van der Waals surface area contributed by atoms with Crippen molar-refractivity contribution in [2.45, 2.75) is 38.6 Å². The van der Waals surface area contributed by atoms with Crippen molar-refractivity contribution in [3.63, 3.8) is 0 Å². The molecule has 1 saturated carbocycles. The highest BCUT2D eigenvalue weighted by Crippen LogP contribution is 2.23. The number of nitrogens with one attached hydrogen (secondary N) is 1. The first-order valence-corrected chi connectivity index (χ1v) is 7.07. The summed E-state index contributed by atoms with van der Waals surface area (Å²) < 4.78 is 0. The first-order valence-electron chi connectivity index (χ1n) is 7.07. The highest BCUT2D eigenvalue weighted by Gasteiger charge is 2.18. The minimum Gasteiger partial charge on any atom is -0.363 e. The average Bonchev–Trinajstić information content (AvgIpc) is 2.37. The highest BCUT2D eigenvalue weighted by molar-refractivity contribution is 5.43. The van der Waals surface area contributed by atoms with Gasteiger partial charge in [-0.1, -0.05) is 0 Å². The summed E-state index contributed by atoms with van der Waals surface area (Å²) in [5, 5.41) is 3.38. The van der Waals surface area contributed by atoms with Gasteiger partial charge in [0.2, 0.25) is 5.95 Å². The van der Waals surface area contributed by atoms with Gasteiger partial charge in [-0.15, -0.1) is 0 Å². The second kappa shape index (κ2) is 6.19. The van der Waals surface area contributed by atoms with Crippen molar-refractivity contribution >= 4 is 11.8 Å². The van der Waals surface area contributed by atoms with Gasteiger partial charge in [-0.25, -0.2) is 4.98 Å². The van der Waals surface area contributed by atoms with Crippen LogP contribution in [0.3, 0.4) is 0 Å². The van der Waals surface area contributed by atoms with Crippen LogP contribution in [0.4, 0.5) is 11.8 Å². The van der Waals surface area contributed by atoms with E-state index >= 15 is 0 Å². The topological polar surface area (TPSA) is 67.1 Å². The zero-order valence-corrected chi connectivity index (χ0v) is 12.2. The van der Waals surface area contributed by atoms with Crippen molar-refractivity contribution in [3.05, 3.63) is 11.8 Å². The molecule has 0 aliphatic heterocycles. The van der Waals surface area contributed by atoms with Crippen LogP contribution >= 0.6 is 0 Å². The molecule has 2 rings (SSSR count). The Morgan fingerprint density at radius 3 is 2.58 bits per heavy atom. The number of nitrogens with zero attached hydrogens (tertiary/aromatic N) is 3. The molecule has 0 amide bonds. The Morgan fingerprint density at radius 1 is 1.26 bits per heavy atom. The van der Waals surface area contributed by atoms with Crippen LogP contribution in [0.1, 0.15) is 31.4 Å². The molecule has 1 heterocycles. The van der Waals surface area contributed by atoms with E-state index in [-0.39, 0.29) is 0 Å². The molecular weight excluding hydrogens is 238 g/mol. The molecule has 0 saturated heterocycles. The second-order valence-electron chi connectivity index (χ2n) is 5.75. The third kappa shape index (κ3) is 4.06. The molecular formula is C14H25N5. The lowest BCUT2D eigenvalue weighted by molar-refractivity contribution is 0.338. The van der Waals surface area contributed by atoms with Crippen molar-refractivity contribution < 1.29 is 0 Å². The van der Waals surface area contributed by atoms with Crippen LogP contribution in [0.15, 0.2) is 6.07 Å². The van der Waals surface area contributed by atoms with Crippen LogP contribution in [0, 0.1) is 12.8 Å². The van der Waals surface area contributed by atoms with Gasteiger partial charge in [0, 0.05) is 38.4 Å². The molecule has 0 spiro atoms. The fourth-order valence-electron chi connectivity index (χ4n) is 2.49. The molecule has 1 aliphatic carbocycles. The second-order valence-corrected chi connectivity index (χ2v) is 5.75. The number of anilines is 2. The Hall–Kier alpha value is -1.36. The van der Waals surface area contributed by atoms with Crippen molar-refractivity contribution in [3.8, 4) is 0 Å². The summed E-state index contributed by atoms with van der Waals surface area (Å²) >= 11 is 0. The fourth-order valence-corrected chi connectivity index (χ4v) is 2.49. The number of aromatic nitrogens is 2. The summed E-state index contributed by atoms with van der Waals surface area (Å²) in [6.45, 7) is 2.95. The van der Waals surface area contributed by atoms with Crippen LogP contribution < -0.4 is 16.0 Å². The number of hydrogen-bond donors (Lipinski definition) is 2. The molecule has 19 heavy (non-hydrogen) atoms. The van der Waals surface area contributed by atoms with E-state index in [9.17, 15) is 0 Å². The van der Waals surface area contributed by atoms with Gasteiger partial charge < -0.3 is 16.0 Å². The Labute approximate surface area is 115 Å². The Bertz CT molecular complexity index is 410. The molecule has 1 fully saturated rings. The van der Waals surface area contributed by atoms with Crippen molar-refractivity contribution in [2.75, 3.05) is 30.9 Å². The van der Waals surface area contributed by atoms with Crippen molar-refractivity contribution in [1.82, 2.24) is 9.97 Å². The number of hydrogen-bond acceptors (Lipinski definition) is 5. The Balaban J connectivity index is 1.92. The lowest BCUT2D eigenvalue weighted by Gasteiger charge is -2.26. The maximum Gasteiger partial charge on any atom is 0.224 e. The van der Waals surface area contributed by atoms with Gasteiger partial charge in [0.25, 0.3) is 0 Å². The molecule has 0 radical (unpaired) electrons. The quantitative estimate of drug-likeness (QED) is 0.866. The third-order valence-corrected chi connectivity index (χ3v) is 3.74. The van der Waals surface area contributed by atoms with Crippen LogP contribution in [-0.4, -0.2) is 36.6 Å². The first kappa shape index (κ1) is 14.1. The molecule has 0 unspecified atom stereocenters. The standard InChI is InChI=1S/C14H25N5/c1-10-8-13(19(2)3)18-14(17-10)16-9-11-4-6-12(15)7-5-11/h8,11-12H,4-7,9,15H2,1-3H3,(H,16,17,18). The zero-order valence-electron chi connectivity index (χ0n) is 12.2. The van der Waals surface area contributed by atoms with Crippen molar-refractivity contribution in [2.24, 2.45) is 11.7 Å². The van der Waals surface area contributed by atoms with E-state index in [0.717, 1.165) is 36.8 Å². The predicted octanol–water partition coefficient (Wildman–Crippen LogP) is 1.78. The lowest BCUT2D eigenvalue weighted by Crippen LogP contribution is -2.29. The molecule has 1 aromatic rings. The predicted molar refractivity (Wildman–Crippen MR) is 79.5 cm³/mol. The van der Waals surface area contributed by atoms with Gasteiger partial charge in [0.05, 0.1) is 0 Å². The van der Waals surface area contributed by atoms with E-state index < -0.39 is 0 Å². The first-order chi connectivity index (χ1) is 9.04. The summed E-state index contributed by atoms with van der Waals surface area (Å²) in [6.07, 6.45) is 4.70. The van der Waals surface area contributed by atoms with Gasteiger partial charge in [-0.05, 0) is 38.5 Å². The van der Waals surface area contributed by atoms with Gasteiger partial charge in [-0.2, -0.15) is 4.98 Å². The van der Waals surface area contributed by atoms with E-state index in [0.29, 0.717) is 12.0 Å². The maximum atomic E-state index is 5.93. The lowest BCUT2D eigenvalue weighted by atomic mass is 9.86. The van der Waals surface area contributed by atoms with Crippen LogP contribution in [0.25, 0.3) is 0 Å². The number of aryl methyl sites for hydroxylation is 1.